The van der Waals surface area contributed by atoms with Crippen LogP contribution in [0.15, 0.2) is 0 Å². The summed E-state index contributed by atoms with van der Waals surface area (Å²) in [4.78, 5) is 0. The van der Waals surface area contributed by atoms with Crippen molar-refractivity contribution in [3.63, 3.8) is 0 Å². The Morgan fingerprint density at radius 3 is 0.667 bits per heavy atom. The minimum Gasteiger partial charge on any atom is -0.195 e. The van der Waals surface area contributed by atoms with Gasteiger partial charge in [-0.2, -0.15) is 43.9 Å². The molecule has 12 heteroatoms. The Morgan fingerprint density at radius 1 is 0.500 bits per heavy atom. The van der Waals surface area contributed by atoms with E-state index in [0.29, 0.717) is 0 Å². The molecule has 0 atom stereocenters. The van der Waals surface area contributed by atoms with Crippen molar-refractivity contribution >= 4 is 23.2 Å². The van der Waals surface area contributed by atoms with E-state index in [1.807, 2.05) is 0 Å². The fraction of sp³-hybridized carbons (Fsp3) is 1.00. The van der Waals surface area contributed by atoms with Gasteiger partial charge in [-0.25, -0.2) is 0 Å². The summed E-state index contributed by atoms with van der Waals surface area (Å²) in [5.74, 6) is -13.0. The van der Waals surface area contributed by atoms with Gasteiger partial charge in [0.1, 0.15) is 0 Å². The molecule has 18 heavy (non-hydrogen) atoms. The number of rotatable bonds is 2. The molecule has 112 valence electrons. The van der Waals surface area contributed by atoms with Crippen LogP contribution in [0.1, 0.15) is 0 Å². The smallest absolute Gasteiger partial charge is 0.195 e. The second-order valence-corrected chi connectivity index (χ2v) is 3.21. The summed E-state index contributed by atoms with van der Waals surface area (Å²) in [5, 5.41) is 0. The van der Waals surface area contributed by atoms with Crippen LogP contribution in [-0.4, -0.2) is 36.0 Å². The van der Waals surface area contributed by atoms with Gasteiger partial charge in [0.15, 0.2) is 0 Å². The largest absolute Gasteiger partial charge is 0.454 e. The summed E-state index contributed by atoms with van der Waals surface area (Å²) >= 11 is 8.62. The van der Waals surface area contributed by atoms with E-state index in [1.165, 1.54) is 0 Å². The van der Waals surface area contributed by atoms with Gasteiger partial charge in [0.2, 0.25) is 0 Å². The Bertz CT molecular complexity index is 216. The van der Waals surface area contributed by atoms with Crippen LogP contribution in [0.4, 0.5) is 43.9 Å². The van der Waals surface area contributed by atoms with E-state index >= 15 is 0 Å². The summed E-state index contributed by atoms with van der Waals surface area (Å²) < 4.78 is 112. The third-order valence-corrected chi connectivity index (χ3v) is 1.84. The molecule has 0 aliphatic carbocycles. The van der Waals surface area contributed by atoms with Crippen molar-refractivity contribution in [2.75, 3.05) is 11.8 Å². The first-order chi connectivity index (χ1) is 7.62. The molecule has 0 aromatic carbocycles. The lowest BCUT2D eigenvalue weighted by Gasteiger charge is -2.15. The lowest BCUT2D eigenvalue weighted by Crippen LogP contribution is -2.37. The van der Waals surface area contributed by atoms with Crippen molar-refractivity contribution in [3.05, 3.63) is 0 Å². The molecule has 0 fully saturated rings. The summed E-state index contributed by atoms with van der Waals surface area (Å²) in [6.07, 6.45) is -11.0. The lowest BCUT2D eigenvalue weighted by molar-refractivity contribution is -0.271. The van der Waals surface area contributed by atoms with E-state index in [-0.39, 0.29) is 0 Å². The molecule has 0 aromatic rings. The van der Waals surface area contributed by atoms with Crippen molar-refractivity contribution in [1.82, 2.24) is 0 Å². The molecule has 0 rings (SSSR count). The van der Waals surface area contributed by atoms with Crippen LogP contribution in [0.3, 0.4) is 0 Å². The molecule has 0 saturated heterocycles. The van der Waals surface area contributed by atoms with E-state index in [1.54, 1.807) is 0 Å². The molecule has 0 amide bonds. The molecule has 0 nitrogen and oxygen atoms in total. The average Bonchev–Trinajstić information content (AvgIpc) is 2.15. The summed E-state index contributed by atoms with van der Waals surface area (Å²) in [7, 11) is 0. The highest BCUT2D eigenvalue weighted by molar-refractivity contribution is 6.18. The first-order valence-corrected chi connectivity index (χ1v) is 4.70. The van der Waals surface area contributed by atoms with Gasteiger partial charge >= 0.3 is 24.2 Å². The molecule has 0 spiro atoms. The lowest BCUT2D eigenvalue weighted by atomic mass is 10.4. The maximum Gasteiger partial charge on any atom is 0.454 e. The van der Waals surface area contributed by atoms with Gasteiger partial charge in [0.25, 0.3) is 0 Å². The third-order valence-electron chi connectivity index (χ3n) is 1.17. The van der Waals surface area contributed by atoms with Crippen LogP contribution in [-0.2, 0) is 0 Å². The fourth-order valence-corrected chi connectivity index (χ4v) is 0.455. The zero-order chi connectivity index (χ0) is 15.4. The molecular weight excluding hydrogens is 333 g/mol. The SMILES string of the molecule is FC(F)(F)C(F)(F)CCl.FC(F)(F)C(F)(F)CCl. The Hall–Kier alpha value is -0.120. The van der Waals surface area contributed by atoms with Gasteiger partial charge in [-0.1, -0.05) is 0 Å². The van der Waals surface area contributed by atoms with Crippen LogP contribution in [0, 0.1) is 0 Å². The third kappa shape index (κ3) is 6.17. The molecule has 0 saturated carbocycles. The monoisotopic (exact) mass is 336 g/mol. The van der Waals surface area contributed by atoms with Gasteiger partial charge in [-0.05, 0) is 0 Å². The molecule has 0 N–H and O–H groups in total. The van der Waals surface area contributed by atoms with Crippen molar-refractivity contribution in [3.8, 4) is 0 Å². The zero-order valence-electron chi connectivity index (χ0n) is 7.95. The van der Waals surface area contributed by atoms with E-state index in [0.717, 1.165) is 0 Å². The Balaban J connectivity index is 0. The standard InChI is InChI=1S/2C3H2ClF5/c2*4-1-2(5,6)3(7,8)9/h2*1H2. The molecule has 0 heterocycles. The molecule has 0 bridgehead atoms. The van der Waals surface area contributed by atoms with Gasteiger partial charge in [0.05, 0.1) is 11.8 Å². The molecule has 0 aliphatic heterocycles. The summed E-state index contributed by atoms with van der Waals surface area (Å²) in [6, 6.07) is 0. The predicted octanol–water partition coefficient (Wildman–Crippen LogP) is 4.85. The van der Waals surface area contributed by atoms with Crippen molar-refractivity contribution < 1.29 is 43.9 Å². The second-order valence-electron chi connectivity index (χ2n) is 2.67. The molecule has 0 aromatic heterocycles. The van der Waals surface area contributed by atoms with Crippen LogP contribution < -0.4 is 0 Å². The minimum absolute atomic E-state index is 1.73. The second kappa shape index (κ2) is 6.36. The number of alkyl halides is 12. The van der Waals surface area contributed by atoms with Gasteiger partial charge < -0.3 is 0 Å². The number of hydrogen-bond donors (Lipinski definition) is 0. The Kier molecular flexibility index (Phi) is 7.13. The molecular formula is C6H4Cl2F10. The van der Waals surface area contributed by atoms with E-state index in [4.69, 9.17) is 0 Å². The normalized spacial score (nSPS) is 14.0. The molecule has 0 radical (unpaired) electrons. The first kappa shape index (κ1) is 20.2. The highest BCUT2D eigenvalue weighted by Gasteiger charge is 2.57. The average molecular weight is 337 g/mol. The highest BCUT2D eigenvalue weighted by Crippen LogP contribution is 2.36. The molecule has 0 aliphatic rings. The van der Waals surface area contributed by atoms with Gasteiger partial charge in [-0.15, -0.1) is 23.2 Å². The molecule has 0 unspecified atom stereocenters. The fourth-order valence-electron chi connectivity index (χ4n) is 0.152. The first-order valence-electron chi connectivity index (χ1n) is 3.63. The topological polar surface area (TPSA) is 0 Å². The van der Waals surface area contributed by atoms with E-state index in [2.05, 4.69) is 23.2 Å². The van der Waals surface area contributed by atoms with Crippen molar-refractivity contribution in [2.24, 2.45) is 0 Å². The number of halogens is 12. The Morgan fingerprint density at radius 2 is 0.667 bits per heavy atom. The summed E-state index contributed by atoms with van der Waals surface area (Å²) in [5.41, 5.74) is 0. The maximum absolute atomic E-state index is 11.4. The Labute approximate surface area is 104 Å². The summed E-state index contributed by atoms with van der Waals surface area (Å²) in [6.45, 7) is 0. The number of hydrogen-bond acceptors (Lipinski definition) is 0. The van der Waals surface area contributed by atoms with Gasteiger partial charge in [-0.3, -0.25) is 0 Å². The predicted molar refractivity (Wildman–Crippen MR) is 43.4 cm³/mol. The van der Waals surface area contributed by atoms with Crippen LogP contribution >= 0.6 is 23.2 Å². The van der Waals surface area contributed by atoms with E-state index < -0.39 is 36.0 Å². The van der Waals surface area contributed by atoms with Crippen molar-refractivity contribution in [2.45, 2.75) is 24.2 Å². The minimum atomic E-state index is -5.52. The quantitative estimate of drug-likeness (QED) is 0.499. The van der Waals surface area contributed by atoms with Crippen LogP contribution in [0.5, 0.6) is 0 Å². The maximum atomic E-state index is 11.4. The highest BCUT2D eigenvalue weighted by atomic mass is 35.5. The zero-order valence-corrected chi connectivity index (χ0v) is 9.46. The van der Waals surface area contributed by atoms with Crippen LogP contribution in [0.2, 0.25) is 0 Å². The van der Waals surface area contributed by atoms with Crippen LogP contribution in [0.25, 0.3) is 0 Å². The van der Waals surface area contributed by atoms with Crippen molar-refractivity contribution in [1.29, 1.82) is 0 Å². The van der Waals surface area contributed by atoms with E-state index in [9.17, 15) is 43.9 Å². The van der Waals surface area contributed by atoms with Gasteiger partial charge in [0, 0.05) is 0 Å².